The van der Waals surface area contributed by atoms with Crippen LogP contribution in [0, 0.1) is 5.82 Å². The summed E-state index contributed by atoms with van der Waals surface area (Å²) < 4.78 is 99.8. The largest absolute Gasteiger partial charge is 0.416 e. The monoisotopic (exact) mass is 518 g/mol. The molecular weight excluding hydrogens is 493 g/mol. The number of carbonyl (C=O) groups is 1. The Morgan fingerprint density at radius 3 is 2.03 bits per heavy atom. The van der Waals surface area contributed by atoms with Crippen LogP contribution in [0.3, 0.4) is 0 Å². The third-order valence-corrected chi connectivity index (χ3v) is 6.98. The highest BCUT2D eigenvalue weighted by atomic mass is 19.4. The van der Waals surface area contributed by atoms with E-state index in [2.05, 4.69) is 0 Å². The molecule has 36 heavy (non-hydrogen) atoms. The van der Waals surface area contributed by atoms with E-state index >= 15 is 0 Å². The highest BCUT2D eigenvalue weighted by Gasteiger charge is 2.54. The summed E-state index contributed by atoms with van der Waals surface area (Å²) in [7, 11) is 3.64. The Morgan fingerprint density at radius 1 is 0.972 bits per heavy atom. The zero-order valence-electron chi connectivity index (χ0n) is 19.7. The fourth-order valence-corrected chi connectivity index (χ4v) is 5.24. The van der Waals surface area contributed by atoms with Gasteiger partial charge >= 0.3 is 12.4 Å². The van der Waals surface area contributed by atoms with Crippen molar-refractivity contribution in [1.29, 1.82) is 0 Å². The van der Waals surface area contributed by atoms with Gasteiger partial charge in [-0.3, -0.25) is 4.79 Å². The Labute approximate surface area is 203 Å². The molecule has 0 aromatic heterocycles. The lowest BCUT2D eigenvalue weighted by Crippen LogP contribution is -2.42. The molecule has 2 saturated heterocycles. The molecular formula is C25H25F7N2O2. The number of benzene rings is 2. The van der Waals surface area contributed by atoms with Crippen LogP contribution in [0.15, 0.2) is 42.5 Å². The predicted octanol–water partition coefficient (Wildman–Crippen LogP) is 5.64. The number of hydrogen-bond donors (Lipinski definition) is 0. The minimum atomic E-state index is -4.98. The van der Waals surface area contributed by atoms with Gasteiger partial charge in [0.1, 0.15) is 5.82 Å². The predicted molar refractivity (Wildman–Crippen MR) is 116 cm³/mol. The molecule has 4 nitrogen and oxygen atoms in total. The van der Waals surface area contributed by atoms with Crippen molar-refractivity contribution in [3.05, 3.63) is 70.5 Å². The molecule has 0 aliphatic carbocycles. The van der Waals surface area contributed by atoms with Crippen LogP contribution in [0.25, 0.3) is 0 Å². The van der Waals surface area contributed by atoms with Gasteiger partial charge in [0.15, 0.2) is 0 Å². The summed E-state index contributed by atoms with van der Waals surface area (Å²) in [6, 6.07) is 6.49. The molecule has 0 N–H and O–H groups in total. The van der Waals surface area contributed by atoms with E-state index in [0.29, 0.717) is 17.7 Å². The molecule has 0 saturated carbocycles. The Bertz CT molecular complexity index is 1080. The highest BCUT2D eigenvalue weighted by Crippen LogP contribution is 2.45. The van der Waals surface area contributed by atoms with Crippen LogP contribution in [0.4, 0.5) is 30.7 Å². The first kappa shape index (κ1) is 26.4. The fraction of sp³-hybridized carbons (Fsp3) is 0.480. The molecule has 2 aliphatic heterocycles. The summed E-state index contributed by atoms with van der Waals surface area (Å²) in [6.07, 6.45) is -11.6. The average molecular weight is 518 g/mol. The average Bonchev–Trinajstić information content (AvgIpc) is 3.30. The van der Waals surface area contributed by atoms with Crippen LogP contribution in [0.1, 0.15) is 47.6 Å². The number of carbonyl (C=O) groups excluding carboxylic acids is 1. The number of fused-ring (bicyclic) bond motifs is 1. The minimum Gasteiger partial charge on any atom is -0.368 e. The molecule has 0 bridgehead atoms. The van der Waals surface area contributed by atoms with E-state index in [1.54, 1.807) is 17.0 Å². The molecule has 2 heterocycles. The topological polar surface area (TPSA) is 32.8 Å². The second kappa shape index (κ2) is 9.33. The molecule has 1 amide bonds. The van der Waals surface area contributed by atoms with Gasteiger partial charge in [-0.1, -0.05) is 12.1 Å². The molecule has 196 valence electrons. The maximum absolute atomic E-state index is 13.6. The lowest BCUT2D eigenvalue weighted by atomic mass is 9.85. The lowest BCUT2D eigenvalue weighted by Gasteiger charge is -2.32. The Hall–Kier alpha value is -2.66. The SMILES string of the molecule is C[C@@H](O[C@H]1CN2C(=O)CC(N(C)C)[C@H]2[C@@H]1c1ccc(F)cc1)c1cc(C(F)(F)F)cc(C(F)(F)F)c1. The van der Waals surface area contributed by atoms with Crippen LogP contribution in [-0.4, -0.2) is 54.5 Å². The van der Waals surface area contributed by atoms with E-state index in [-0.39, 0.29) is 42.6 Å². The molecule has 2 aliphatic rings. The summed E-state index contributed by atoms with van der Waals surface area (Å²) in [5.74, 6) is -1.04. The second-order valence-corrected chi connectivity index (χ2v) is 9.51. The number of rotatable bonds is 5. The van der Waals surface area contributed by atoms with E-state index in [9.17, 15) is 35.5 Å². The fourth-order valence-electron chi connectivity index (χ4n) is 5.24. The first-order chi connectivity index (χ1) is 16.7. The first-order valence-corrected chi connectivity index (χ1v) is 11.3. The summed E-state index contributed by atoms with van der Waals surface area (Å²) in [4.78, 5) is 16.3. The van der Waals surface area contributed by atoms with Crippen molar-refractivity contribution in [2.45, 2.75) is 55.9 Å². The lowest BCUT2D eigenvalue weighted by molar-refractivity contribution is -0.143. The molecule has 11 heteroatoms. The molecule has 0 radical (unpaired) electrons. The molecule has 2 aromatic rings. The van der Waals surface area contributed by atoms with Crippen LogP contribution in [-0.2, 0) is 21.9 Å². The number of halogens is 7. The molecule has 4 rings (SSSR count). The van der Waals surface area contributed by atoms with E-state index in [4.69, 9.17) is 4.74 Å². The molecule has 5 atom stereocenters. The van der Waals surface area contributed by atoms with Crippen molar-refractivity contribution in [2.24, 2.45) is 0 Å². The highest BCUT2D eigenvalue weighted by molar-refractivity contribution is 5.81. The number of amides is 1. The Morgan fingerprint density at radius 2 is 1.53 bits per heavy atom. The minimum absolute atomic E-state index is 0.0730. The Kier molecular flexibility index (Phi) is 6.85. The van der Waals surface area contributed by atoms with Crippen LogP contribution in [0.2, 0.25) is 0 Å². The van der Waals surface area contributed by atoms with Gasteiger partial charge in [-0.2, -0.15) is 26.3 Å². The molecule has 1 unspecified atom stereocenters. The van der Waals surface area contributed by atoms with Gasteiger partial charge in [0.2, 0.25) is 5.91 Å². The summed E-state index contributed by atoms with van der Waals surface area (Å²) in [5, 5.41) is 0. The van der Waals surface area contributed by atoms with E-state index in [1.807, 2.05) is 19.0 Å². The zero-order chi connectivity index (χ0) is 26.6. The van der Waals surface area contributed by atoms with E-state index in [1.165, 1.54) is 19.1 Å². The van der Waals surface area contributed by atoms with E-state index < -0.39 is 47.4 Å². The van der Waals surface area contributed by atoms with Crippen molar-refractivity contribution in [2.75, 3.05) is 20.6 Å². The second-order valence-electron chi connectivity index (χ2n) is 9.51. The standard InChI is InChI=1S/C25H25F7N2O2/c1-13(15-8-16(24(27,28)29)10-17(9-15)25(30,31)32)36-20-12-34-21(35)11-19(33(2)3)23(34)22(20)14-4-6-18(26)7-5-14/h4-10,13,19-20,22-23H,11-12H2,1-3H3/t13-,19?,20+,22-,23+/m1/s1. The van der Waals surface area contributed by atoms with Gasteiger partial charge < -0.3 is 14.5 Å². The normalized spacial score (nSPS) is 25.5. The number of nitrogens with zero attached hydrogens (tertiary/aromatic N) is 2. The van der Waals surface area contributed by atoms with Gasteiger partial charge in [0.05, 0.1) is 29.4 Å². The van der Waals surface area contributed by atoms with Crippen molar-refractivity contribution in [1.82, 2.24) is 9.80 Å². The quantitative estimate of drug-likeness (QED) is 0.481. The number of ether oxygens (including phenoxy) is 1. The van der Waals surface area contributed by atoms with E-state index in [0.717, 1.165) is 0 Å². The molecule has 2 fully saturated rings. The maximum Gasteiger partial charge on any atom is 0.416 e. The maximum atomic E-state index is 13.6. The van der Waals surface area contributed by atoms with Crippen molar-refractivity contribution >= 4 is 5.91 Å². The molecule has 0 spiro atoms. The van der Waals surface area contributed by atoms with Gasteiger partial charge in [-0.05, 0) is 62.5 Å². The van der Waals surface area contributed by atoms with Gasteiger partial charge in [0.25, 0.3) is 0 Å². The summed E-state index contributed by atoms with van der Waals surface area (Å²) in [5.41, 5.74) is -2.46. The van der Waals surface area contributed by atoms with Crippen LogP contribution in [0.5, 0.6) is 0 Å². The third-order valence-electron chi connectivity index (χ3n) is 6.98. The summed E-state index contributed by atoms with van der Waals surface area (Å²) in [6.45, 7) is 1.50. The number of likely N-dealkylation sites (N-methyl/N-ethyl adjacent to an activating group) is 1. The first-order valence-electron chi connectivity index (χ1n) is 11.3. The summed E-state index contributed by atoms with van der Waals surface area (Å²) >= 11 is 0. The van der Waals surface area contributed by atoms with Crippen molar-refractivity contribution in [3.63, 3.8) is 0 Å². The number of hydrogen-bond acceptors (Lipinski definition) is 3. The van der Waals surface area contributed by atoms with Crippen LogP contribution < -0.4 is 0 Å². The number of alkyl halides is 6. The third kappa shape index (κ3) is 5.08. The van der Waals surface area contributed by atoms with Gasteiger partial charge in [-0.25, -0.2) is 4.39 Å². The van der Waals surface area contributed by atoms with Crippen molar-refractivity contribution in [3.8, 4) is 0 Å². The smallest absolute Gasteiger partial charge is 0.368 e. The Balaban J connectivity index is 1.70. The van der Waals surface area contributed by atoms with Crippen LogP contribution >= 0.6 is 0 Å². The van der Waals surface area contributed by atoms with Gasteiger partial charge in [-0.15, -0.1) is 0 Å². The van der Waals surface area contributed by atoms with Gasteiger partial charge in [0, 0.05) is 24.9 Å². The molecule has 2 aromatic carbocycles. The van der Waals surface area contributed by atoms with Crippen molar-refractivity contribution < 1.29 is 40.3 Å². The zero-order valence-corrected chi connectivity index (χ0v) is 19.7.